The monoisotopic (exact) mass is 362 g/mol. The summed E-state index contributed by atoms with van der Waals surface area (Å²) in [4.78, 5) is 30.0. The van der Waals surface area contributed by atoms with Gasteiger partial charge in [0.2, 0.25) is 5.91 Å². The van der Waals surface area contributed by atoms with Gasteiger partial charge < -0.3 is 9.80 Å². The third-order valence-electron chi connectivity index (χ3n) is 5.87. The van der Waals surface area contributed by atoms with Gasteiger partial charge in [0.05, 0.1) is 5.92 Å². The van der Waals surface area contributed by atoms with Crippen molar-refractivity contribution in [1.29, 1.82) is 0 Å². The molecule has 27 heavy (non-hydrogen) atoms. The Morgan fingerprint density at radius 3 is 2.19 bits per heavy atom. The second kappa shape index (κ2) is 7.55. The van der Waals surface area contributed by atoms with Gasteiger partial charge in [0.15, 0.2) is 0 Å². The fourth-order valence-corrected chi connectivity index (χ4v) is 4.31. The second-order valence-electron chi connectivity index (χ2n) is 7.73. The molecule has 2 aliphatic rings. The van der Waals surface area contributed by atoms with E-state index < -0.39 is 0 Å². The minimum absolute atomic E-state index is 0.0210. The molecule has 2 aromatic rings. The van der Waals surface area contributed by atoms with E-state index in [1.165, 1.54) is 0 Å². The van der Waals surface area contributed by atoms with Crippen LogP contribution in [0.2, 0.25) is 0 Å². The molecule has 4 heteroatoms. The van der Waals surface area contributed by atoms with Gasteiger partial charge in [-0.3, -0.25) is 9.59 Å². The standard InChI is InChI=1S/C23H26N2O2/c1-17-9-11-19(12-10-17)22(26)25-15-20(18-7-3-2-4-8-18)21(16-25)23(27)24-13-5-6-14-24/h2-4,7-12,20-21H,5-6,13-16H2,1H3/t20-,21-/m1/s1. The summed E-state index contributed by atoms with van der Waals surface area (Å²) < 4.78 is 0. The van der Waals surface area contributed by atoms with Gasteiger partial charge in [-0.1, -0.05) is 48.0 Å². The molecular weight excluding hydrogens is 336 g/mol. The highest BCUT2D eigenvalue weighted by atomic mass is 16.2. The summed E-state index contributed by atoms with van der Waals surface area (Å²) in [5.41, 5.74) is 2.98. The molecule has 0 aromatic heterocycles. The average molecular weight is 362 g/mol. The van der Waals surface area contributed by atoms with Gasteiger partial charge in [-0.2, -0.15) is 0 Å². The third kappa shape index (κ3) is 3.61. The number of hydrogen-bond acceptors (Lipinski definition) is 2. The summed E-state index contributed by atoms with van der Waals surface area (Å²) >= 11 is 0. The van der Waals surface area contributed by atoms with Gasteiger partial charge in [0.1, 0.15) is 0 Å². The zero-order chi connectivity index (χ0) is 18.8. The van der Waals surface area contributed by atoms with Crippen LogP contribution in [0.5, 0.6) is 0 Å². The van der Waals surface area contributed by atoms with Crippen molar-refractivity contribution in [1.82, 2.24) is 9.80 Å². The Morgan fingerprint density at radius 2 is 1.52 bits per heavy atom. The van der Waals surface area contributed by atoms with Crippen molar-refractivity contribution in [2.75, 3.05) is 26.2 Å². The number of rotatable bonds is 3. The molecule has 0 saturated carbocycles. The third-order valence-corrected chi connectivity index (χ3v) is 5.87. The van der Waals surface area contributed by atoms with Gasteiger partial charge in [0.25, 0.3) is 5.91 Å². The lowest BCUT2D eigenvalue weighted by Gasteiger charge is -2.23. The number of nitrogens with zero attached hydrogens (tertiary/aromatic N) is 2. The molecule has 0 aliphatic carbocycles. The SMILES string of the molecule is Cc1ccc(C(=O)N2C[C@H](c3ccccc3)[C@H](C(=O)N3CCCC3)C2)cc1. The van der Waals surface area contributed by atoms with E-state index in [1.807, 2.05) is 59.2 Å². The van der Waals surface area contributed by atoms with E-state index in [-0.39, 0.29) is 23.7 Å². The molecule has 2 saturated heterocycles. The smallest absolute Gasteiger partial charge is 0.253 e. The van der Waals surface area contributed by atoms with Crippen molar-refractivity contribution < 1.29 is 9.59 Å². The molecule has 0 unspecified atom stereocenters. The van der Waals surface area contributed by atoms with E-state index in [0.29, 0.717) is 18.7 Å². The van der Waals surface area contributed by atoms with Gasteiger partial charge >= 0.3 is 0 Å². The highest BCUT2D eigenvalue weighted by molar-refractivity contribution is 5.95. The highest BCUT2D eigenvalue weighted by Crippen LogP contribution is 2.35. The Balaban J connectivity index is 1.59. The van der Waals surface area contributed by atoms with Crippen molar-refractivity contribution in [2.24, 2.45) is 5.92 Å². The first-order valence-corrected chi connectivity index (χ1v) is 9.83. The molecule has 2 aliphatic heterocycles. The Morgan fingerprint density at radius 1 is 0.852 bits per heavy atom. The van der Waals surface area contributed by atoms with Crippen LogP contribution in [0.25, 0.3) is 0 Å². The maximum atomic E-state index is 13.2. The van der Waals surface area contributed by atoms with E-state index in [0.717, 1.165) is 37.1 Å². The molecule has 0 bridgehead atoms. The molecule has 2 atom stereocenters. The molecular formula is C23H26N2O2. The fourth-order valence-electron chi connectivity index (χ4n) is 4.31. The Kier molecular flexibility index (Phi) is 4.97. The van der Waals surface area contributed by atoms with Gasteiger partial charge in [-0.05, 0) is 37.5 Å². The first-order valence-electron chi connectivity index (χ1n) is 9.83. The predicted octanol–water partition coefficient (Wildman–Crippen LogP) is 3.47. The van der Waals surface area contributed by atoms with Crippen LogP contribution in [0.15, 0.2) is 54.6 Å². The van der Waals surface area contributed by atoms with Crippen LogP contribution >= 0.6 is 0 Å². The second-order valence-corrected chi connectivity index (χ2v) is 7.73. The Hall–Kier alpha value is -2.62. The van der Waals surface area contributed by atoms with Crippen LogP contribution in [0.3, 0.4) is 0 Å². The van der Waals surface area contributed by atoms with Crippen molar-refractivity contribution in [2.45, 2.75) is 25.7 Å². The molecule has 2 aromatic carbocycles. The molecule has 0 spiro atoms. The number of likely N-dealkylation sites (tertiary alicyclic amines) is 2. The normalized spacial score (nSPS) is 22.3. The number of benzene rings is 2. The van der Waals surface area contributed by atoms with Gasteiger partial charge in [-0.15, -0.1) is 0 Å². The summed E-state index contributed by atoms with van der Waals surface area (Å²) in [6, 6.07) is 17.9. The lowest BCUT2D eigenvalue weighted by atomic mass is 9.88. The number of carbonyl (C=O) groups excluding carboxylic acids is 2. The van der Waals surface area contributed by atoms with Gasteiger partial charge in [0, 0.05) is 37.7 Å². The quantitative estimate of drug-likeness (QED) is 0.839. The minimum Gasteiger partial charge on any atom is -0.342 e. The van der Waals surface area contributed by atoms with Crippen molar-refractivity contribution in [3.63, 3.8) is 0 Å². The van der Waals surface area contributed by atoms with E-state index in [4.69, 9.17) is 0 Å². The van der Waals surface area contributed by atoms with E-state index in [1.54, 1.807) is 0 Å². The lowest BCUT2D eigenvalue weighted by Crippen LogP contribution is -2.37. The molecule has 2 amide bonds. The molecule has 0 N–H and O–H groups in total. The van der Waals surface area contributed by atoms with Crippen molar-refractivity contribution in [3.8, 4) is 0 Å². The summed E-state index contributed by atoms with van der Waals surface area (Å²) in [6.07, 6.45) is 2.17. The van der Waals surface area contributed by atoms with Crippen LogP contribution in [0, 0.1) is 12.8 Å². The Bertz CT molecular complexity index is 810. The fraction of sp³-hybridized carbons (Fsp3) is 0.391. The average Bonchev–Trinajstić information content (AvgIpc) is 3.38. The van der Waals surface area contributed by atoms with E-state index in [9.17, 15) is 9.59 Å². The zero-order valence-corrected chi connectivity index (χ0v) is 15.8. The largest absolute Gasteiger partial charge is 0.342 e. The maximum Gasteiger partial charge on any atom is 0.253 e. The zero-order valence-electron chi connectivity index (χ0n) is 15.8. The van der Waals surface area contributed by atoms with Crippen molar-refractivity contribution >= 4 is 11.8 Å². The summed E-state index contributed by atoms with van der Waals surface area (Å²) in [5.74, 6) is 0.141. The molecule has 2 fully saturated rings. The first-order chi connectivity index (χ1) is 13.1. The number of hydrogen-bond donors (Lipinski definition) is 0. The summed E-state index contributed by atoms with van der Waals surface area (Å²) in [5, 5.41) is 0. The lowest BCUT2D eigenvalue weighted by molar-refractivity contribution is -0.134. The maximum absolute atomic E-state index is 13.2. The van der Waals surface area contributed by atoms with Crippen molar-refractivity contribution in [3.05, 3.63) is 71.3 Å². The van der Waals surface area contributed by atoms with Crippen LogP contribution < -0.4 is 0 Å². The Labute approximate surface area is 160 Å². The van der Waals surface area contributed by atoms with Crippen LogP contribution in [-0.2, 0) is 4.79 Å². The van der Waals surface area contributed by atoms with E-state index in [2.05, 4.69) is 12.1 Å². The topological polar surface area (TPSA) is 40.6 Å². The van der Waals surface area contributed by atoms with Gasteiger partial charge in [-0.25, -0.2) is 0 Å². The summed E-state index contributed by atoms with van der Waals surface area (Å²) in [6.45, 7) is 4.81. The van der Waals surface area contributed by atoms with Crippen LogP contribution in [-0.4, -0.2) is 47.8 Å². The van der Waals surface area contributed by atoms with Crippen LogP contribution in [0.1, 0.15) is 40.2 Å². The molecule has 4 nitrogen and oxygen atoms in total. The first kappa shape index (κ1) is 17.8. The highest BCUT2D eigenvalue weighted by Gasteiger charge is 2.42. The number of amides is 2. The summed E-state index contributed by atoms with van der Waals surface area (Å²) in [7, 11) is 0. The molecule has 140 valence electrons. The number of aryl methyl sites for hydroxylation is 1. The minimum atomic E-state index is -0.153. The predicted molar refractivity (Wildman–Crippen MR) is 106 cm³/mol. The molecule has 2 heterocycles. The van der Waals surface area contributed by atoms with Crippen LogP contribution in [0.4, 0.5) is 0 Å². The van der Waals surface area contributed by atoms with E-state index >= 15 is 0 Å². The molecule has 4 rings (SSSR count). The number of carbonyl (C=O) groups is 2. The molecule has 0 radical (unpaired) electrons.